The summed E-state index contributed by atoms with van der Waals surface area (Å²) >= 11 is 0. The molecule has 0 saturated carbocycles. The number of hydrogen-bond acceptors (Lipinski definition) is 4. The van der Waals surface area contributed by atoms with Crippen LogP contribution in [0.1, 0.15) is 24.2 Å². The number of carbonyl (C=O) groups excluding carboxylic acids is 1. The lowest BCUT2D eigenvalue weighted by Crippen LogP contribution is -1.98. The molecule has 0 amide bonds. The molecule has 0 bridgehead atoms. The third-order valence-electron chi connectivity index (χ3n) is 2.46. The van der Waals surface area contributed by atoms with E-state index in [0.29, 0.717) is 12.3 Å². The van der Waals surface area contributed by atoms with E-state index < -0.39 is 0 Å². The van der Waals surface area contributed by atoms with Crippen molar-refractivity contribution in [3.05, 3.63) is 35.9 Å². The first-order valence-corrected chi connectivity index (χ1v) is 5.66. The topological polar surface area (TPSA) is 64.3 Å². The number of nitrogens with zero attached hydrogens (tertiary/aromatic N) is 2. The summed E-state index contributed by atoms with van der Waals surface area (Å²) < 4.78 is 6.56. The molecule has 5 nitrogen and oxygen atoms in total. The third-order valence-corrected chi connectivity index (χ3v) is 2.46. The highest BCUT2D eigenvalue weighted by atomic mass is 16.5. The summed E-state index contributed by atoms with van der Waals surface area (Å²) in [5, 5.41) is 14.2. The van der Waals surface area contributed by atoms with Crippen LogP contribution >= 0.6 is 0 Å². The quantitative estimate of drug-likeness (QED) is 0.840. The normalized spacial score (nSPS) is 10.3. The molecule has 1 heterocycles. The summed E-state index contributed by atoms with van der Waals surface area (Å²) in [7, 11) is 0. The summed E-state index contributed by atoms with van der Waals surface area (Å²) in [5.41, 5.74) is 0.782. The summed E-state index contributed by atoms with van der Waals surface area (Å²) in [6, 6.07) is 9.08. The molecule has 1 aromatic heterocycles. The Morgan fingerprint density at radius 2 is 2.06 bits per heavy atom. The van der Waals surface area contributed by atoms with E-state index in [1.165, 1.54) is 11.6 Å². The van der Waals surface area contributed by atoms with Gasteiger partial charge in [-0.3, -0.25) is 4.79 Å². The van der Waals surface area contributed by atoms with Gasteiger partial charge < -0.3 is 9.84 Å². The minimum atomic E-state index is -0.280. The highest BCUT2D eigenvalue weighted by Crippen LogP contribution is 2.30. The minimum Gasteiger partial charge on any atom is -0.493 e. The second-order valence-corrected chi connectivity index (χ2v) is 3.74. The second-order valence-electron chi connectivity index (χ2n) is 3.74. The zero-order valence-corrected chi connectivity index (χ0v) is 10.3. The number of rotatable bonds is 4. The van der Waals surface area contributed by atoms with Crippen molar-refractivity contribution in [2.45, 2.75) is 13.8 Å². The summed E-state index contributed by atoms with van der Waals surface area (Å²) in [6.07, 6.45) is 0. The molecule has 0 atom stereocenters. The summed E-state index contributed by atoms with van der Waals surface area (Å²) in [5.74, 6) is -0.318. The van der Waals surface area contributed by atoms with Gasteiger partial charge >= 0.3 is 0 Å². The van der Waals surface area contributed by atoms with E-state index in [2.05, 4.69) is 5.10 Å². The van der Waals surface area contributed by atoms with Crippen LogP contribution in [-0.2, 0) is 0 Å². The van der Waals surface area contributed by atoms with Gasteiger partial charge in [0.05, 0.1) is 12.3 Å². The minimum absolute atomic E-state index is 0.112. The third kappa shape index (κ3) is 2.07. The first-order chi connectivity index (χ1) is 8.65. The van der Waals surface area contributed by atoms with Crippen molar-refractivity contribution in [1.29, 1.82) is 0 Å². The smallest absolute Gasteiger partial charge is 0.248 e. The molecule has 5 heteroatoms. The highest BCUT2D eigenvalue weighted by Gasteiger charge is 2.22. The maximum absolute atomic E-state index is 11.5. The molecule has 0 radical (unpaired) electrons. The SMILES string of the molecule is CCOc1nn(-c2ccccc2)c(O)c1C(C)=O. The van der Waals surface area contributed by atoms with Crippen molar-refractivity contribution in [3.8, 4) is 17.4 Å². The van der Waals surface area contributed by atoms with E-state index >= 15 is 0 Å². The molecule has 0 spiro atoms. The second kappa shape index (κ2) is 4.91. The first-order valence-electron chi connectivity index (χ1n) is 5.66. The van der Waals surface area contributed by atoms with Crippen LogP contribution in [-0.4, -0.2) is 27.3 Å². The highest BCUT2D eigenvalue weighted by molar-refractivity contribution is 5.98. The molecule has 1 N–H and O–H groups in total. The molecule has 0 aliphatic rings. The average molecular weight is 246 g/mol. The van der Waals surface area contributed by atoms with Gasteiger partial charge in [0.2, 0.25) is 11.8 Å². The zero-order valence-electron chi connectivity index (χ0n) is 10.3. The Morgan fingerprint density at radius 1 is 1.39 bits per heavy atom. The Hall–Kier alpha value is -2.30. The number of benzene rings is 1. The summed E-state index contributed by atoms with van der Waals surface area (Å²) in [4.78, 5) is 11.5. The Balaban J connectivity index is 2.57. The van der Waals surface area contributed by atoms with E-state index in [-0.39, 0.29) is 23.1 Å². The Bertz CT molecular complexity index is 561. The largest absolute Gasteiger partial charge is 0.493 e. The summed E-state index contributed by atoms with van der Waals surface area (Å²) in [6.45, 7) is 3.54. The molecule has 0 aliphatic heterocycles. The number of aromatic hydroxyl groups is 1. The lowest BCUT2D eigenvalue weighted by molar-refractivity contribution is 0.101. The van der Waals surface area contributed by atoms with Gasteiger partial charge in [-0.1, -0.05) is 18.2 Å². The maximum Gasteiger partial charge on any atom is 0.248 e. The van der Waals surface area contributed by atoms with E-state index in [1.807, 2.05) is 18.2 Å². The van der Waals surface area contributed by atoms with Gasteiger partial charge in [-0.2, -0.15) is 4.68 Å². The molecule has 1 aromatic carbocycles. The standard InChI is InChI=1S/C13H14N2O3/c1-3-18-12-11(9(2)16)13(17)15(14-12)10-7-5-4-6-8-10/h4-8,17H,3H2,1-2H3. The molecular formula is C13H14N2O3. The van der Waals surface area contributed by atoms with Gasteiger partial charge in [-0.25, -0.2) is 0 Å². The number of para-hydroxylation sites is 1. The molecule has 94 valence electrons. The van der Waals surface area contributed by atoms with Crippen LogP contribution in [0.25, 0.3) is 5.69 Å². The predicted molar refractivity (Wildman–Crippen MR) is 66.4 cm³/mol. The van der Waals surface area contributed by atoms with Gasteiger partial charge in [0.1, 0.15) is 5.56 Å². The number of aromatic nitrogens is 2. The van der Waals surface area contributed by atoms with Gasteiger partial charge in [0, 0.05) is 0 Å². The van der Waals surface area contributed by atoms with Crippen LogP contribution in [0.5, 0.6) is 11.8 Å². The lowest BCUT2D eigenvalue weighted by Gasteiger charge is -2.01. The van der Waals surface area contributed by atoms with Crippen LogP contribution in [0, 0.1) is 0 Å². The fourth-order valence-electron chi connectivity index (χ4n) is 1.68. The Labute approximate surface area is 105 Å². The molecule has 2 aromatic rings. The van der Waals surface area contributed by atoms with E-state index in [1.54, 1.807) is 19.1 Å². The van der Waals surface area contributed by atoms with Crippen molar-refractivity contribution in [3.63, 3.8) is 0 Å². The predicted octanol–water partition coefficient (Wildman–Crippen LogP) is 2.18. The van der Waals surface area contributed by atoms with Crippen molar-refractivity contribution in [1.82, 2.24) is 9.78 Å². The molecule has 2 rings (SSSR count). The number of hydrogen-bond donors (Lipinski definition) is 1. The number of ether oxygens (including phenoxy) is 1. The monoisotopic (exact) mass is 246 g/mol. The van der Waals surface area contributed by atoms with Crippen LogP contribution in [0.3, 0.4) is 0 Å². The van der Waals surface area contributed by atoms with E-state index in [4.69, 9.17) is 4.74 Å². The van der Waals surface area contributed by atoms with Gasteiger partial charge in [-0.15, -0.1) is 5.10 Å². The van der Waals surface area contributed by atoms with Crippen LogP contribution in [0.2, 0.25) is 0 Å². The number of Topliss-reactive ketones (excluding diaryl/α,β-unsaturated/α-hetero) is 1. The number of carbonyl (C=O) groups is 1. The molecule has 0 aliphatic carbocycles. The van der Waals surface area contributed by atoms with Crippen molar-refractivity contribution in [2.75, 3.05) is 6.61 Å². The van der Waals surface area contributed by atoms with Crippen LogP contribution in [0.15, 0.2) is 30.3 Å². The van der Waals surface area contributed by atoms with E-state index in [0.717, 1.165) is 0 Å². The Kier molecular flexibility index (Phi) is 3.32. The molecule has 0 unspecified atom stereocenters. The fourth-order valence-corrected chi connectivity index (χ4v) is 1.68. The van der Waals surface area contributed by atoms with Crippen LogP contribution < -0.4 is 4.74 Å². The fraction of sp³-hybridized carbons (Fsp3) is 0.231. The average Bonchev–Trinajstić information content (AvgIpc) is 2.68. The van der Waals surface area contributed by atoms with Crippen molar-refractivity contribution in [2.24, 2.45) is 0 Å². The van der Waals surface area contributed by atoms with Crippen molar-refractivity contribution < 1.29 is 14.6 Å². The maximum atomic E-state index is 11.5. The van der Waals surface area contributed by atoms with Gasteiger partial charge in [0.25, 0.3) is 0 Å². The first kappa shape index (κ1) is 12.2. The van der Waals surface area contributed by atoms with Crippen LogP contribution in [0.4, 0.5) is 0 Å². The molecule has 18 heavy (non-hydrogen) atoms. The molecular weight excluding hydrogens is 232 g/mol. The zero-order chi connectivity index (χ0) is 13.1. The van der Waals surface area contributed by atoms with Gasteiger partial charge in [0.15, 0.2) is 5.78 Å². The molecule has 0 saturated heterocycles. The number of ketones is 1. The van der Waals surface area contributed by atoms with Crippen molar-refractivity contribution >= 4 is 5.78 Å². The lowest BCUT2D eigenvalue weighted by atomic mass is 10.2. The molecule has 0 fully saturated rings. The Morgan fingerprint density at radius 3 is 2.61 bits per heavy atom. The van der Waals surface area contributed by atoms with E-state index in [9.17, 15) is 9.90 Å². The van der Waals surface area contributed by atoms with Gasteiger partial charge in [-0.05, 0) is 26.0 Å².